The zero-order chi connectivity index (χ0) is 16.4. The van der Waals surface area contributed by atoms with Crippen LogP contribution >= 0.6 is 0 Å². The number of rotatable bonds is 3. The van der Waals surface area contributed by atoms with Gasteiger partial charge in [-0.3, -0.25) is 4.79 Å². The molecule has 0 amide bonds. The van der Waals surface area contributed by atoms with Gasteiger partial charge in [0.1, 0.15) is 0 Å². The quantitative estimate of drug-likeness (QED) is 0.528. The molecule has 1 rings (SSSR count). The monoisotopic (exact) mass is 315 g/mol. The molecule has 3 nitrogen and oxygen atoms in total. The molecule has 0 atom stereocenters. The van der Waals surface area contributed by atoms with Crippen molar-refractivity contribution < 1.29 is 35.9 Å². The maximum atomic E-state index is 12.8. The topological polar surface area (TPSA) is 52.3 Å². The lowest BCUT2D eigenvalue weighted by molar-refractivity contribution is -0.144. The smallest absolute Gasteiger partial charge is 0.418 e. The molecule has 9 heteroatoms. The van der Waals surface area contributed by atoms with Crippen LogP contribution in [0.1, 0.15) is 23.6 Å². The van der Waals surface area contributed by atoms with Gasteiger partial charge in [0.25, 0.3) is 0 Å². The molecule has 0 aliphatic rings. The molecule has 0 aromatic heterocycles. The summed E-state index contributed by atoms with van der Waals surface area (Å²) in [5.41, 5.74) is 0.320. The van der Waals surface area contributed by atoms with Gasteiger partial charge >= 0.3 is 18.3 Å². The van der Waals surface area contributed by atoms with Crippen molar-refractivity contribution in [3.05, 3.63) is 28.8 Å². The number of nitrogens with two attached hydrogens (primary N) is 1. The Balaban J connectivity index is 3.43. The van der Waals surface area contributed by atoms with Crippen LogP contribution in [0.15, 0.2) is 12.1 Å². The van der Waals surface area contributed by atoms with Crippen LogP contribution in [-0.2, 0) is 28.3 Å². The predicted molar refractivity (Wildman–Crippen MR) is 61.2 cm³/mol. The Labute approximate surface area is 115 Å². The molecular weight excluding hydrogens is 304 g/mol. The van der Waals surface area contributed by atoms with Crippen LogP contribution < -0.4 is 5.73 Å². The summed E-state index contributed by atoms with van der Waals surface area (Å²) < 4.78 is 80.9. The Morgan fingerprint density at radius 1 is 1.10 bits per heavy atom. The number of esters is 1. The maximum absolute atomic E-state index is 12.8. The first kappa shape index (κ1) is 17.1. The zero-order valence-electron chi connectivity index (χ0n) is 10.7. The molecule has 0 aliphatic carbocycles. The van der Waals surface area contributed by atoms with Gasteiger partial charge in [0, 0.05) is 5.69 Å². The first-order valence-electron chi connectivity index (χ1n) is 5.69. The molecule has 0 spiro atoms. The van der Waals surface area contributed by atoms with Gasteiger partial charge in [0.05, 0.1) is 24.2 Å². The first-order chi connectivity index (χ1) is 9.48. The van der Waals surface area contributed by atoms with E-state index < -0.39 is 47.1 Å². The second-order valence-electron chi connectivity index (χ2n) is 4.03. The van der Waals surface area contributed by atoms with Crippen LogP contribution in [-0.4, -0.2) is 12.6 Å². The summed E-state index contributed by atoms with van der Waals surface area (Å²) in [7, 11) is 0. The highest BCUT2D eigenvalue weighted by Gasteiger charge is 2.40. The summed E-state index contributed by atoms with van der Waals surface area (Å²) in [6, 6.07) is 0.501. The Bertz CT molecular complexity index is 536. The van der Waals surface area contributed by atoms with Crippen LogP contribution in [0.2, 0.25) is 0 Å². The first-order valence-corrected chi connectivity index (χ1v) is 5.69. The highest BCUT2D eigenvalue weighted by atomic mass is 19.4. The van der Waals surface area contributed by atoms with Crippen LogP contribution in [0, 0.1) is 0 Å². The van der Waals surface area contributed by atoms with E-state index in [0.29, 0.717) is 0 Å². The second-order valence-corrected chi connectivity index (χ2v) is 4.03. The SMILES string of the molecule is CCOC(=O)Cc1c(C(F)(F)F)ccc(C(F)(F)F)c1N. The highest BCUT2D eigenvalue weighted by Crippen LogP contribution is 2.41. The van der Waals surface area contributed by atoms with E-state index in [9.17, 15) is 31.1 Å². The van der Waals surface area contributed by atoms with Gasteiger partial charge in [-0.1, -0.05) is 0 Å². The summed E-state index contributed by atoms with van der Waals surface area (Å²) >= 11 is 0. The van der Waals surface area contributed by atoms with Crippen molar-refractivity contribution in [3.8, 4) is 0 Å². The van der Waals surface area contributed by atoms with E-state index in [1.165, 1.54) is 6.92 Å². The fourth-order valence-corrected chi connectivity index (χ4v) is 1.72. The van der Waals surface area contributed by atoms with Crippen molar-refractivity contribution in [1.29, 1.82) is 0 Å². The summed E-state index contributed by atoms with van der Waals surface area (Å²) in [6.45, 7) is 1.30. The number of alkyl halides is 6. The molecule has 0 aliphatic heterocycles. The number of hydrogen-bond donors (Lipinski definition) is 1. The largest absolute Gasteiger partial charge is 0.466 e. The van der Waals surface area contributed by atoms with E-state index in [2.05, 4.69) is 4.74 Å². The van der Waals surface area contributed by atoms with Crippen molar-refractivity contribution in [2.24, 2.45) is 0 Å². The van der Waals surface area contributed by atoms with Gasteiger partial charge in [-0.25, -0.2) is 0 Å². The fourth-order valence-electron chi connectivity index (χ4n) is 1.72. The number of halogens is 6. The Hall–Kier alpha value is -1.93. The number of anilines is 1. The van der Waals surface area contributed by atoms with Crippen molar-refractivity contribution in [3.63, 3.8) is 0 Å². The molecule has 0 radical (unpaired) electrons. The molecule has 0 saturated carbocycles. The molecule has 0 fully saturated rings. The van der Waals surface area contributed by atoms with Gasteiger partial charge in [0.15, 0.2) is 0 Å². The summed E-state index contributed by atoms with van der Waals surface area (Å²) in [5.74, 6) is -1.09. The van der Waals surface area contributed by atoms with E-state index in [4.69, 9.17) is 5.73 Å². The van der Waals surface area contributed by atoms with Crippen molar-refractivity contribution in [2.75, 3.05) is 12.3 Å². The van der Waals surface area contributed by atoms with Gasteiger partial charge in [-0.15, -0.1) is 0 Å². The van der Waals surface area contributed by atoms with Gasteiger partial charge in [0.2, 0.25) is 0 Å². The molecule has 0 heterocycles. The summed E-state index contributed by atoms with van der Waals surface area (Å²) in [5, 5.41) is 0. The van der Waals surface area contributed by atoms with Gasteiger partial charge in [-0.05, 0) is 24.6 Å². The van der Waals surface area contributed by atoms with Crippen molar-refractivity contribution in [2.45, 2.75) is 25.7 Å². The number of ether oxygens (including phenoxy) is 1. The molecule has 1 aromatic rings. The van der Waals surface area contributed by atoms with Crippen molar-refractivity contribution in [1.82, 2.24) is 0 Å². The van der Waals surface area contributed by atoms with Crippen LogP contribution in [0.4, 0.5) is 32.0 Å². The van der Waals surface area contributed by atoms with Gasteiger partial charge in [-0.2, -0.15) is 26.3 Å². The molecule has 0 bridgehead atoms. The van der Waals surface area contributed by atoms with Crippen LogP contribution in [0.3, 0.4) is 0 Å². The Kier molecular flexibility index (Phi) is 4.75. The average Bonchev–Trinajstić information content (AvgIpc) is 2.28. The highest BCUT2D eigenvalue weighted by molar-refractivity contribution is 5.77. The molecule has 1 aromatic carbocycles. The molecule has 118 valence electrons. The lowest BCUT2D eigenvalue weighted by Gasteiger charge is -2.18. The van der Waals surface area contributed by atoms with E-state index >= 15 is 0 Å². The molecular formula is C12H11F6NO2. The molecule has 0 unspecified atom stereocenters. The van der Waals surface area contributed by atoms with Gasteiger partial charge < -0.3 is 10.5 Å². The minimum Gasteiger partial charge on any atom is -0.466 e. The average molecular weight is 315 g/mol. The maximum Gasteiger partial charge on any atom is 0.418 e. The van der Waals surface area contributed by atoms with E-state index in [0.717, 1.165) is 0 Å². The molecule has 2 N–H and O–H groups in total. The molecule has 21 heavy (non-hydrogen) atoms. The van der Waals surface area contributed by atoms with Crippen molar-refractivity contribution >= 4 is 11.7 Å². The third-order valence-electron chi connectivity index (χ3n) is 2.59. The third kappa shape index (κ3) is 4.02. The summed E-state index contributed by atoms with van der Waals surface area (Å²) in [4.78, 5) is 11.3. The Morgan fingerprint density at radius 2 is 1.57 bits per heavy atom. The predicted octanol–water partition coefficient (Wildman–Crippen LogP) is 3.41. The zero-order valence-corrected chi connectivity index (χ0v) is 10.7. The van der Waals surface area contributed by atoms with E-state index in [1.54, 1.807) is 0 Å². The normalized spacial score (nSPS) is 12.3. The fraction of sp³-hybridized carbons (Fsp3) is 0.417. The standard InChI is InChI=1S/C12H11F6NO2/c1-2-21-9(20)5-6-7(11(13,14)15)3-4-8(10(6)19)12(16,17)18/h3-4H,2,5,19H2,1H3. The lowest BCUT2D eigenvalue weighted by Crippen LogP contribution is -2.19. The minimum atomic E-state index is -4.93. The lowest BCUT2D eigenvalue weighted by atomic mass is 9.97. The van der Waals surface area contributed by atoms with E-state index in [1.807, 2.05) is 0 Å². The second kappa shape index (κ2) is 5.82. The number of carbonyl (C=O) groups excluding carboxylic acids is 1. The van der Waals surface area contributed by atoms with Crippen LogP contribution in [0.25, 0.3) is 0 Å². The summed E-state index contributed by atoms with van der Waals surface area (Å²) in [6.07, 6.45) is -10.8. The number of benzene rings is 1. The van der Waals surface area contributed by atoms with E-state index in [-0.39, 0.29) is 18.7 Å². The third-order valence-corrected chi connectivity index (χ3v) is 2.59. The number of hydrogen-bond acceptors (Lipinski definition) is 3. The number of carbonyl (C=O) groups is 1. The number of nitrogen functional groups attached to an aromatic ring is 1. The minimum absolute atomic E-state index is 0.112. The molecule has 0 saturated heterocycles. The van der Waals surface area contributed by atoms with Crippen LogP contribution in [0.5, 0.6) is 0 Å². The Morgan fingerprint density at radius 3 is 2.00 bits per heavy atom.